The predicted molar refractivity (Wildman–Crippen MR) is 108 cm³/mol. The van der Waals surface area contributed by atoms with Gasteiger partial charge in [-0.3, -0.25) is 4.79 Å². The molecule has 3 rings (SSSR count). The topological polar surface area (TPSA) is 65.4 Å². The van der Waals surface area contributed by atoms with E-state index in [4.69, 9.17) is 9.47 Å². The van der Waals surface area contributed by atoms with Crippen LogP contribution in [0.2, 0.25) is 0 Å². The van der Waals surface area contributed by atoms with Crippen molar-refractivity contribution in [3.8, 4) is 11.5 Å². The molecule has 0 aliphatic rings. The lowest BCUT2D eigenvalue weighted by molar-refractivity contribution is -0.123. The minimum atomic E-state index is -0.341. The van der Waals surface area contributed by atoms with Gasteiger partial charge in [-0.2, -0.15) is 0 Å². The van der Waals surface area contributed by atoms with Gasteiger partial charge in [-0.1, -0.05) is 28.1 Å². The number of halogens is 1. The Kier molecular flexibility index (Phi) is 6.01. The average molecular weight is 432 g/mol. The van der Waals surface area contributed by atoms with E-state index in [9.17, 15) is 4.79 Å². The fraction of sp³-hybridized carbons (Fsp3) is 0.300. The van der Waals surface area contributed by atoms with Crippen molar-refractivity contribution in [3.63, 3.8) is 0 Å². The highest BCUT2D eigenvalue weighted by molar-refractivity contribution is 9.10. The van der Waals surface area contributed by atoms with Crippen LogP contribution in [0.1, 0.15) is 18.5 Å². The quantitative estimate of drug-likeness (QED) is 0.618. The standard InChI is InChI=1S/C20H22BrN3O3/c1-13(24-12-23-16-6-4-5-7-17(16)24)20(25)22-9-8-14-10-18(26-2)19(27-3)11-15(14)21/h4-7,10-13H,8-9H2,1-3H3,(H,22,25). The average Bonchev–Trinajstić information content (AvgIpc) is 3.12. The first kappa shape index (κ1) is 19.2. The van der Waals surface area contributed by atoms with Gasteiger partial charge in [-0.25, -0.2) is 4.98 Å². The molecule has 7 heteroatoms. The summed E-state index contributed by atoms with van der Waals surface area (Å²) in [6.45, 7) is 2.39. The number of rotatable bonds is 7. The first-order valence-electron chi connectivity index (χ1n) is 8.64. The van der Waals surface area contributed by atoms with E-state index in [0.29, 0.717) is 24.5 Å². The van der Waals surface area contributed by atoms with Gasteiger partial charge in [0.2, 0.25) is 5.91 Å². The Morgan fingerprint density at radius 3 is 2.67 bits per heavy atom. The van der Waals surface area contributed by atoms with Gasteiger partial charge >= 0.3 is 0 Å². The molecule has 0 aliphatic heterocycles. The van der Waals surface area contributed by atoms with Crippen molar-refractivity contribution in [2.75, 3.05) is 20.8 Å². The van der Waals surface area contributed by atoms with Gasteiger partial charge in [0, 0.05) is 11.0 Å². The number of ether oxygens (including phenoxy) is 2. The summed E-state index contributed by atoms with van der Waals surface area (Å²) in [6.07, 6.45) is 2.38. The molecule has 0 saturated carbocycles. The van der Waals surface area contributed by atoms with Crippen molar-refractivity contribution >= 4 is 32.9 Å². The van der Waals surface area contributed by atoms with Crippen LogP contribution in [0.25, 0.3) is 11.0 Å². The maximum absolute atomic E-state index is 12.6. The zero-order valence-corrected chi connectivity index (χ0v) is 17.1. The molecule has 0 fully saturated rings. The smallest absolute Gasteiger partial charge is 0.242 e. The summed E-state index contributed by atoms with van der Waals surface area (Å²) in [5, 5.41) is 3.00. The van der Waals surface area contributed by atoms with Gasteiger partial charge in [-0.05, 0) is 43.2 Å². The Hall–Kier alpha value is -2.54. The van der Waals surface area contributed by atoms with E-state index >= 15 is 0 Å². The minimum absolute atomic E-state index is 0.0465. The molecule has 0 aliphatic carbocycles. The fourth-order valence-electron chi connectivity index (χ4n) is 2.97. The van der Waals surface area contributed by atoms with E-state index < -0.39 is 0 Å². The molecule has 27 heavy (non-hydrogen) atoms. The second-order valence-electron chi connectivity index (χ2n) is 6.16. The van der Waals surface area contributed by atoms with E-state index in [1.54, 1.807) is 20.5 Å². The fourth-order valence-corrected chi connectivity index (χ4v) is 3.49. The number of para-hydroxylation sites is 2. The second-order valence-corrected chi connectivity index (χ2v) is 7.01. The summed E-state index contributed by atoms with van der Waals surface area (Å²) >= 11 is 3.55. The minimum Gasteiger partial charge on any atom is -0.493 e. The molecule has 1 N–H and O–H groups in total. The normalized spacial score (nSPS) is 12.0. The van der Waals surface area contributed by atoms with E-state index in [2.05, 4.69) is 26.2 Å². The number of imidazole rings is 1. The number of fused-ring (bicyclic) bond motifs is 1. The lowest BCUT2D eigenvalue weighted by Gasteiger charge is -2.15. The van der Waals surface area contributed by atoms with E-state index in [-0.39, 0.29) is 11.9 Å². The molecule has 142 valence electrons. The maximum atomic E-state index is 12.6. The van der Waals surface area contributed by atoms with Crippen LogP contribution in [0, 0.1) is 0 Å². The third-order valence-electron chi connectivity index (χ3n) is 4.52. The lowest BCUT2D eigenvalue weighted by Crippen LogP contribution is -2.32. The van der Waals surface area contributed by atoms with Gasteiger partial charge in [-0.15, -0.1) is 0 Å². The molecule has 3 aromatic rings. The van der Waals surface area contributed by atoms with Crippen molar-refractivity contribution in [2.24, 2.45) is 0 Å². The number of amides is 1. The van der Waals surface area contributed by atoms with Crippen LogP contribution in [0.3, 0.4) is 0 Å². The van der Waals surface area contributed by atoms with Crippen molar-refractivity contribution in [2.45, 2.75) is 19.4 Å². The highest BCUT2D eigenvalue weighted by Gasteiger charge is 2.17. The zero-order chi connectivity index (χ0) is 19.4. The number of methoxy groups -OCH3 is 2. The maximum Gasteiger partial charge on any atom is 0.242 e. The molecule has 1 heterocycles. The van der Waals surface area contributed by atoms with Gasteiger partial charge in [0.05, 0.1) is 31.6 Å². The number of benzene rings is 2. The first-order valence-corrected chi connectivity index (χ1v) is 9.44. The summed E-state index contributed by atoms with van der Waals surface area (Å²) in [7, 11) is 3.21. The lowest BCUT2D eigenvalue weighted by atomic mass is 10.1. The summed E-state index contributed by atoms with van der Waals surface area (Å²) in [5.74, 6) is 1.29. The molecule has 6 nitrogen and oxygen atoms in total. The number of hydrogen-bond acceptors (Lipinski definition) is 4. The zero-order valence-electron chi connectivity index (χ0n) is 15.5. The third-order valence-corrected chi connectivity index (χ3v) is 5.26. The molecule has 1 amide bonds. The van der Waals surface area contributed by atoms with Crippen LogP contribution in [0.4, 0.5) is 0 Å². The van der Waals surface area contributed by atoms with E-state index in [1.165, 1.54) is 0 Å². The molecule has 1 atom stereocenters. The Morgan fingerprint density at radius 1 is 1.22 bits per heavy atom. The predicted octanol–water partition coefficient (Wildman–Crippen LogP) is 3.74. The SMILES string of the molecule is COc1cc(Br)c(CCNC(=O)C(C)n2cnc3ccccc32)cc1OC. The molecule has 0 saturated heterocycles. The number of nitrogens with zero attached hydrogens (tertiary/aromatic N) is 2. The van der Waals surface area contributed by atoms with Crippen LogP contribution >= 0.6 is 15.9 Å². The summed E-state index contributed by atoms with van der Waals surface area (Å²) in [6, 6.07) is 11.2. The van der Waals surface area contributed by atoms with Crippen LogP contribution < -0.4 is 14.8 Å². The Bertz CT molecular complexity index is 955. The van der Waals surface area contributed by atoms with Crippen molar-refractivity contribution < 1.29 is 14.3 Å². The van der Waals surface area contributed by atoms with Gasteiger partial charge in [0.25, 0.3) is 0 Å². The first-order chi connectivity index (χ1) is 13.0. The van der Waals surface area contributed by atoms with E-state index in [0.717, 1.165) is 21.1 Å². The highest BCUT2D eigenvalue weighted by atomic mass is 79.9. The Labute approximate surface area is 166 Å². The van der Waals surface area contributed by atoms with Crippen LogP contribution in [0.15, 0.2) is 47.2 Å². The van der Waals surface area contributed by atoms with Crippen LogP contribution in [0.5, 0.6) is 11.5 Å². The number of carbonyl (C=O) groups excluding carboxylic acids is 1. The highest BCUT2D eigenvalue weighted by Crippen LogP contribution is 2.33. The molecular formula is C20H22BrN3O3. The van der Waals surface area contributed by atoms with Crippen molar-refractivity contribution in [3.05, 3.63) is 52.8 Å². The molecule has 0 spiro atoms. The van der Waals surface area contributed by atoms with Crippen molar-refractivity contribution in [1.29, 1.82) is 0 Å². The van der Waals surface area contributed by atoms with Crippen molar-refractivity contribution in [1.82, 2.24) is 14.9 Å². The molecule has 0 radical (unpaired) electrons. The van der Waals surface area contributed by atoms with Gasteiger partial charge in [0.1, 0.15) is 6.04 Å². The Balaban J connectivity index is 1.64. The summed E-state index contributed by atoms with van der Waals surface area (Å²) in [4.78, 5) is 16.9. The van der Waals surface area contributed by atoms with E-state index in [1.807, 2.05) is 47.9 Å². The molecular weight excluding hydrogens is 410 g/mol. The number of carbonyl (C=O) groups is 1. The summed E-state index contributed by atoms with van der Waals surface area (Å²) < 4.78 is 13.4. The molecule has 0 bridgehead atoms. The Morgan fingerprint density at radius 2 is 1.93 bits per heavy atom. The van der Waals surface area contributed by atoms with Crippen LogP contribution in [-0.2, 0) is 11.2 Å². The van der Waals surface area contributed by atoms with Gasteiger partial charge in [0.15, 0.2) is 11.5 Å². The number of hydrogen-bond donors (Lipinski definition) is 1. The van der Waals surface area contributed by atoms with Crippen LogP contribution in [-0.4, -0.2) is 36.2 Å². The monoisotopic (exact) mass is 431 g/mol. The molecule has 1 aromatic heterocycles. The number of aromatic nitrogens is 2. The molecule has 1 unspecified atom stereocenters. The third kappa shape index (κ3) is 4.08. The second kappa shape index (κ2) is 8.43. The summed E-state index contributed by atoms with van der Waals surface area (Å²) in [5.41, 5.74) is 2.86. The number of nitrogens with one attached hydrogen (secondary N) is 1. The van der Waals surface area contributed by atoms with Gasteiger partial charge < -0.3 is 19.4 Å². The largest absolute Gasteiger partial charge is 0.493 e. The molecule has 2 aromatic carbocycles.